The molecule has 0 amide bonds. The molecule has 0 fully saturated rings. The van der Waals surface area contributed by atoms with Crippen LogP contribution < -0.4 is 0 Å². The topological polar surface area (TPSA) is 46.5 Å². The monoisotopic (exact) mass is 320 g/mol. The highest BCUT2D eigenvalue weighted by Gasteiger charge is 2.00. The van der Waals surface area contributed by atoms with Crippen molar-refractivity contribution in [2.75, 3.05) is 13.2 Å². The van der Waals surface area contributed by atoms with Crippen molar-refractivity contribution < 1.29 is 14.6 Å². The van der Waals surface area contributed by atoms with E-state index in [0.29, 0.717) is 6.42 Å². The summed E-state index contributed by atoms with van der Waals surface area (Å²) in [5.74, 6) is -0.218. The molecule has 0 atom stereocenters. The van der Waals surface area contributed by atoms with Crippen LogP contribution >= 0.6 is 0 Å². The first-order valence-corrected chi connectivity index (χ1v) is 8.67. The van der Waals surface area contributed by atoms with Gasteiger partial charge in [-0.05, 0) is 44.9 Å². The summed E-state index contributed by atoms with van der Waals surface area (Å²) in [6.07, 6.45) is 24.8. The number of rotatable bonds is 14. The summed E-state index contributed by atoms with van der Waals surface area (Å²) in [6.45, 7) is 2.15. The van der Waals surface area contributed by atoms with E-state index in [9.17, 15) is 4.79 Å². The maximum Gasteiger partial charge on any atom is 0.305 e. The van der Waals surface area contributed by atoms with Gasteiger partial charge in [0.15, 0.2) is 0 Å². The molecular weight excluding hydrogens is 288 g/mol. The molecule has 23 heavy (non-hydrogen) atoms. The number of unbranched alkanes of at least 4 members (excludes halogenated alkanes) is 2. The Morgan fingerprint density at radius 3 is 2.00 bits per heavy atom. The predicted molar refractivity (Wildman–Crippen MR) is 97.2 cm³/mol. The molecule has 0 rings (SSSR count). The van der Waals surface area contributed by atoms with Crippen LogP contribution in [-0.2, 0) is 9.53 Å². The largest absolute Gasteiger partial charge is 0.463 e. The van der Waals surface area contributed by atoms with Crippen LogP contribution in [0.5, 0.6) is 0 Å². The van der Waals surface area contributed by atoms with Crippen molar-refractivity contribution in [2.24, 2.45) is 0 Å². The minimum absolute atomic E-state index is 0.103. The molecule has 1 N–H and O–H groups in total. The summed E-state index contributed by atoms with van der Waals surface area (Å²) in [7, 11) is 0. The van der Waals surface area contributed by atoms with Gasteiger partial charge in [-0.15, -0.1) is 0 Å². The van der Waals surface area contributed by atoms with Crippen LogP contribution in [0, 0.1) is 0 Å². The van der Waals surface area contributed by atoms with Crippen molar-refractivity contribution in [1.82, 2.24) is 0 Å². The lowest BCUT2D eigenvalue weighted by Gasteiger charge is -2.01. The van der Waals surface area contributed by atoms with Gasteiger partial charge in [0.1, 0.15) is 6.61 Å². The van der Waals surface area contributed by atoms with Gasteiger partial charge in [-0.2, -0.15) is 0 Å². The molecule has 0 aromatic heterocycles. The van der Waals surface area contributed by atoms with Gasteiger partial charge in [0.25, 0.3) is 0 Å². The second kappa shape index (κ2) is 18.4. The maximum absolute atomic E-state index is 11.2. The van der Waals surface area contributed by atoms with Gasteiger partial charge in [-0.3, -0.25) is 4.79 Å². The number of allylic oxidation sites excluding steroid dienone is 8. The van der Waals surface area contributed by atoms with Gasteiger partial charge in [0, 0.05) is 6.42 Å². The second-order valence-electron chi connectivity index (χ2n) is 5.19. The molecule has 0 bridgehead atoms. The number of carbonyl (C=O) groups excluding carboxylic acids is 1. The SMILES string of the molecule is CC/C=C\C/C=C\C/C=C\C/C=C\CCCCC(=O)OCCO. The number of aliphatic hydroxyl groups is 1. The van der Waals surface area contributed by atoms with Crippen LogP contribution in [0.4, 0.5) is 0 Å². The summed E-state index contributed by atoms with van der Waals surface area (Å²) in [5, 5.41) is 8.52. The minimum Gasteiger partial charge on any atom is -0.463 e. The van der Waals surface area contributed by atoms with Gasteiger partial charge in [-0.25, -0.2) is 0 Å². The van der Waals surface area contributed by atoms with E-state index in [1.54, 1.807) is 0 Å². The van der Waals surface area contributed by atoms with E-state index in [2.05, 4.69) is 55.5 Å². The normalized spacial score (nSPS) is 12.3. The molecule has 0 saturated carbocycles. The molecule has 0 aliphatic carbocycles. The fourth-order valence-electron chi connectivity index (χ4n) is 1.86. The van der Waals surface area contributed by atoms with Crippen LogP contribution in [0.25, 0.3) is 0 Å². The zero-order valence-electron chi connectivity index (χ0n) is 14.5. The molecule has 0 aliphatic heterocycles. The number of esters is 1. The molecular formula is C20H32O3. The molecule has 0 aromatic rings. The Kier molecular flexibility index (Phi) is 17.1. The zero-order chi connectivity index (χ0) is 17.0. The molecule has 0 radical (unpaired) electrons. The average Bonchev–Trinajstić information content (AvgIpc) is 2.56. The number of ether oxygens (including phenoxy) is 1. The smallest absolute Gasteiger partial charge is 0.305 e. The first-order chi connectivity index (χ1) is 11.3. The lowest BCUT2D eigenvalue weighted by molar-refractivity contribution is -0.144. The van der Waals surface area contributed by atoms with Gasteiger partial charge < -0.3 is 9.84 Å². The van der Waals surface area contributed by atoms with E-state index in [1.807, 2.05) is 0 Å². The van der Waals surface area contributed by atoms with Crippen molar-refractivity contribution in [2.45, 2.75) is 58.3 Å². The lowest BCUT2D eigenvalue weighted by Crippen LogP contribution is -2.07. The van der Waals surface area contributed by atoms with Crippen molar-refractivity contribution in [3.05, 3.63) is 48.6 Å². The van der Waals surface area contributed by atoms with E-state index < -0.39 is 0 Å². The minimum atomic E-state index is -0.218. The molecule has 0 heterocycles. The molecule has 0 aromatic carbocycles. The summed E-state index contributed by atoms with van der Waals surface area (Å²) < 4.78 is 4.79. The first kappa shape index (κ1) is 21.4. The third-order valence-corrected chi connectivity index (χ3v) is 3.07. The van der Waals surface area contributed by atoms with E-state index >= 15 is 0 Å². The van der Waals surface area contributed by atoms with E-state index in [4.69, 9.17) is 9.84 Å². The molecule has 130 valence electrons. The van der Waals surface area contributed by atoms with Gasteiger partial charge in [0.05, 0.1) is 6.61 Å². The Labute approximate surface area is 141 Å². The summed E-state index contributed by atoms with van der Waals surface area (Å²) in [6, 6.07) is 0. The summed E-state index contributed by atoms with van der Waals surface area (Å²) in [5.41, 5.74) is 0. The Bertz CT molecular complexity index is 378. The molecule has 3 nitrogen and oxygen atoms in total. The maximum atomic E-state index is 11.2. The van der Waals surface area contributed by atoms with Crippen molar-refractivity contribution in [3.8, 4) is 0 Å². The first-order valence-electron chi connectivity index (χ1n) is 8.67. The van der Waals surface area contributed by atoms with Crippen LogP contribution in [0.3, 0.4) is 0 Å². The van der Waals surface area contributed by atoms with Crippen molar-refractivity contribution >= 4 is 5.97 Å². The molecule has 0 aliphatic rings. The van der Waals surface area contributed by atoms with Crippen LogP contribution in [0.1, 0.15) is 58.3 Å². The number of aliphatic hydroxyl groups excluding tert-OH is 1. The fraction of sp³-hybridized carbons (Fsp3) is 0.550. The third-order valence-electron chi connectivity index (χ3n) is 3.07. The van der Waals surface area contributed by atoms with Crippen LogP contribution in [-0.4, -0.2) is 24.3 Å². The molecule has 0 saturated heterocycles. The Morgan fingerprint density at radius 2 is 1.43 bits per heavy atom. The molecule has 0 spiro atoms. The number of carbonyl (C=O) groups is 1. The van der Waals surface area contributed by atoms with E-state index in [-0.39, 0.29) is 19.2 Å². The average molecular weight is 320 g/mol. The summed E-state index contributed by atoms with van der Waals surface area (Å²) in [4.78, 5) is 11.2. The summed E-state index contributed by atoms with van der Waals surface area (Å²) >= 11 is 0. The van der Waals surface area contributed by atoms with Gasteiger partial charge in [0.2, 0.25) is 0 Å². The third kappa shape index (κ3) is 18.3. The standard InChI is InChI=1S/C20H32O3/c1-2-3-4-5-6-7-8-9-10-11-12-13-14-15-16-17-20(22)23-19-18-21/h3-4,6-7,9-10,12-13,21H,2,5,8,11,14-19H2,1H3/b4-3-,7-6-,10-9-,13-12-. The van der Waals surface area contributed by atoms with E-state index in [1.165, 1.54) is 0 Å². The Balaban J connectivity index is 3.41. The number of hydrogen-bond acceptors (Lipinski definition) is 3. The van der Waals surface area contributed by atoms with Crippen LogP contribution in [0.2, 0.25) is 0 Å². The van der Waals surface area contributed by atoms with Crippen molar-refractivity contribution in [1.29, 1.82) is 0 Å². The van der Waals surface area contributed by atoms with Crippen molar-refractivity contribution in [3.63, 3.8) is 0 Å². The quantitative estimate of drug-likeness (QED) is 0.282. The fourth-order valence-corrected chi connectivity index (χ4v) is 1.86. The Morgan fingerprint density at radius 1 is 0.870 bits per heavy atom. The molecule has 3 heteroatoms. The van der Waals surface area contributed by atoms with E-state index in [0.717, 1.165) is 44.9 Å². The van der Waals surface area contributed by atoms with Crippen LogP contribution in [0.15, 0.2) is 48.6 Å². The zero-order valence-corrected chi connectivity index (χ0v) is 14.5. The second-order valence-corrected chi connectivity index (χ2v) is 5.19. The highest BCUT2D eigenvalue weighted by atomic mass is 16.5. The lowest BCUT2D eigenvalue weighted by atomic mass is 10.2. The highest BCUT2D eigenvalue weighted by Crippen LogP contribution is 2.03. The van der Waals surface area contributed by atoms with Gasteiger partial charge in [-0.1, -0.05) is 55.5 Å². The number of hydrogen-bond donors (Lipinski definition) is 1. The Hall–Kier alpha value is -1.61. The predicted octanol–water partition coefficient (Wildman–Crippen LogP) is 4.89. The highest BCUT2D eigenvalue weighted by molar-refractivity contribution is 5.69. The molecule has 0 unspecified atom stereocenters. The van der Waals surface area contributed by atoms with Gasteiger partial charge >= 0.3 is 5.97 Å².